The Bertz CT molecular complexity index is 363. The molecule has 3 heteroatoms. The zero-order valence-corrected chi connectivity index (χ0v) is 12.6. The molecule has 0 bridgehead atoms. The maximum atomic E-state index is 9.12. The van der Waals surface area contributed by atoms with Crippen molar-refractivity contribution in [2.45, 2.75) is 33.6 Å². The van der Waals surface area contributed by atoms with E-state index in [-0.39, 0.29) is 6.61 Å². The third-order valence-corrected chi connectivity index (χ3v) is 3.58. The number of hydrogen-bond acceptors (Lipinski definition) is 3. The van der Waals surface area contributed by atoms with Crippen LogP contribution in [0.4, 0.5) is 0 Å². The topological polar surface area (TPSA) is 41.5 Å². The molecule has 0 radical (unpaired) electrons. The summed E-state index contributed by atoms with van der Waals surface area (Å²) in [6.45, 7) is 8.38. The van der Waals surface area contributed by atoms with E-state index in [0.29, 0.717) is 5.92 Å². The second kappa shape index (κ2) is 8.18. The van der Waals surface area contributed by atoms with E-state index in [0.717, 1.165) is 31.7 Å². The highest BCUT2D eigenvalue weighted by molar-refractivity contribution is 5.43. The van der Waals surface area contributed by atoms with Crippen LogP contribution < -0.4 is 10.1 Å². The first-order valence-corrected chi connectivity index (χ1v) is 7.08. The summed E-state index contributed by atoms with van der Waals surface area (Å²) in [6, 6.07) is 4.38. The molecule has 1 unspecified atom stereocenters. The standard InChI is InChI=1S/C16H27NO2/c1-5-14(11-18)10-17-7-6-15-8-12(2)16(19-4)13(3)9-15/h8-9,14,17-18H,5-7,10-11H2,1-4H3. The smallest absolute Gasteiger partial charge is 0.124 e. The van der Waals surface area contributed by atoms with Crippen molar-refractivity contribution in [1.82, 2.24) is 5.32 Å². The predicted octanol–water partition coefficient (Wildman–Crippen LogP) is 2.46. The van der Waals surface area contributed by atoms with Crippen molar-refractivity contribution in [3.05, 3.63) is 28.8 Å². The van der Waals surface area contributed by atoms with Gasteiger partial charge < -0.3 is 15.2 Å². The molecule has 1 atom stereocenters. The largest absolute Gasteiger partial charge is 0.496 e. The van der Waals surface area contributed by atoms with Crippen molar-refractivity contribution in [2.75, 3.05) is 26.8 Å². The van der Waals surface area contributed by atoms with Crippen molar-refractivity contribution >= 4 is 0 Å². The van der Waals surface area contributed by atoms with Gasteiger partial charge in [0.1, 0.15) is 5.75 Å². The van der Waals surface area contributed by atoms with Gasteiger partial charge in [-0.05, 0) is 55.8 Å². The minimum atomic E-state index is 0.268. The van der Waals surface area contributed by atoms with E-state index in [1.165, 1.54) is 16.7 Å². The molecule has 0 saturated heterocycles. The highest BCUT2D eigenvalue weighted by atomic mass is 16.5. The minimum absolute atomic E-state index is 0.268. The summed E-state index contributed by atoms with van der Waals surface area (Å²) in [7, 11) is 1.72. The number of nitrogens with one attached hydrogen (secondary N) is 1. The molecule has 0 aromatic heterocycles. The van der Waals surface area contributed by atoms with Gasteiger partial charge in [-0.15, -0.1) is 0 Å². The maximum absolute atomic E-state index is 9.12. The molecule has 0 aliphatic heterocycles. The first-order chi connectivity index (χ1) is 9.12. The van der Waals surface area contributed by atoms with E-state index in [1.54, 1.807) is 7.11 Å². The molecule has 0 heterocycles. The SMILES string of the molecule is CCC(CO)CNCCc1cc(C)c(OC)c(C)c1. The Morgan fingerprint density at radius 2 is 1.89 bits per heavy atom. The van der Waals surface area contributed by atoms with E-state index in [2.05, 4.69) is 38.2 Å². The number of methoxy groups -OCH3 is 1. The van der Waals surface area contributed by atoms with E-state index in [4.69, 9.17) is 9.84 Å². The third-order valence-electron chi connectivity index (χ3n) is 3.58. The molecule has 3 nitrogen and oxygen atoms in total. The molecular weight excluding hydrogens is 238 g/mol. The molecule has 19 heavy (non-hydrogen) atoms. The fourth-order valence-electron chi connectivity index (χ4n) is 2.38. The Hall–Kier alpha value is -1.06. The molecule has 1 aromatic rings. The molecule has 0 spiro atoms. The third kappa shape index (κ3) is 4.84. The summed E-state index contributed by atoms with van der Waals surface area (Å²) in [6.07, 6.45) is 2.03. The first kappa shape index (κ1) is 16.0. The first-order valence-electron chi connectivity index (χ1n) is 7.08. The summed E-state index contributed by atoms with van der Waals surface area (Å²) in [5.74, 6) is 1.36. The molecule has 0 fully saturated rings. The lowest BCUT2D eigenvalue weighted by molar-refractivity contribution is 0.219. The average Bonchev–Trinajstić information content (AvgIpc) is 2.38. The Labute approximate surface area is 117 Å². The van der Waals surface area contributed by atoms with Crippen LogP contribution in [0.2, 0.25) is 0 Å². The van der Waals surface area contributed by atoms with Gasteiger partial charge in [-0.2, -0.15) is 0 Å². The van der Waals surface area contributed by atoms with Crippen LogP contribution in [0.1, 0.15) is 30.0 Å². The van der Waals surface area contributed by atoms with Crippen molar-refractivity contribution in [3.63, 3.8) is 0 Å². The summed E-state index contributed by atoms with van der Waals surface area (Å²) >= 11 is 0. The lowest BCUT2D eigenvalue weighted by Gasteiger charge is -2.14. The van der Waals surface area contributed by atoms with Gasteiger partial charge in [0.25, 0.3) is 0 Å². The summed E-state index contributed by atoms with van der Waals surface area (Å²) in [5, 5.41) is 12.5. The quantitative estimate of drug-likeness (QED) is 0.710. The number of ether oxygens (including phenoxy) is 1. The van der Waals surface area contributed by atoms with E-state index in [9.17, 15) is 0 Å². The Morgan fingerprint density at radius 3 is 2.37 bits per heavy atom. The van der Waals surface area contributed by atoms with Crippen LogP contribution >= 0.6 is 0 Å². The van der Waals surface area contributed by atoms with Crippen LogP contribution in [0.15, 0.2) is 12.1 Å². The zero-order valence-electron chi connectivity index (χ0n) is 12.6. The molecule has 0 saturated carbocycles. The van der Waals surface area contributed by atoms with Gasteiger partial charge in [0.05, 0.1) is 7.11 Å². The molecule has 2 N–H and O–H groups in total. The predicted molar refractivity (Wildman–Crippen MR) is 79.9 cm³/mol. The van der Waals surface area contributed by atoms with Gasteiger partial charge in [0.15, 0.2) is 0 Å². The van der Waals surface area contributed by atoms with Gasteiger partial charge in [0, 0.05) is 13.2 Å². The molecule has 108 valence electrons. The molecule has 1 rings (SSSR count). The second-order valence-electron chi connectivity index (χ2n) is 5.17. The molecule has 0 aliphatic carbocycles. The van der Waals surface area contributed by atoms with Gasteiger partial charge in [-0.3, -0.25) is 0 Å². The van der Waals surface area contributed by atoms with Crippen LogP contribution in [-0.4, -0.2) is 31.9 Å². The number of aliphatic hydroxyl groups is 1. The van der Waals surface area contributed by atoms with Gasteiger partial charge in [0.2, 0.25) is 0 Å². The monoisotopic (exact) mass is 265 g/mol. The Balaban J connectivity index is 2.46. The van der Waals surface area contributed by atoms with Gasteiger partial charge >= 0.3 is 0 Å². The molecule has 0 aliphatic rings. The number of benzene rings is 1. The second-order valence-corrected chi connectivity index (χ2v) is 5.17. The highest BCUT2D eigenvalue weighted by Gasteiger charge is 2.06. The normalized spacial score (nSPS) is 12.5. The van der Waals surface area contributed by atoms with Crippen LogP contribution in [0.5, 0.6) is 5.75 Å². The summed E-state index contributed by atoms with van der Waals surface area (Å²) < 4.78 is 5.37. The van der Waals surface area contributed by atoms with Crippen molar-refractivity contribution in [3.8, 4) is 5.75 Å². The fourth-order valence-corrected chi connectivity index (χ4v) is 2.38. The number of aliphatic hydroxyl groups excluding tert-OH is 1. The molecule has 0 amide bonds. The minimum Gasteiger partial charge on any atom is -0.496 e. The lowest BCUT2D eigenvalue weighted by atomic mass is 10.0. The Morgan fingerprint density at radius 1 is 1.26 bits per heavy atom. The maximum Gasteiger partial charge on any atom is 0.124 e. The van der Waals surface area contributed by atoms with Gasteiger partial charge in [-0.1, -0.05) is 19.1 Å². The van der Waals surface area contributed by atoms with Crippen LogP contribution in [0.25, 0.3) is 0 Å². The van der Waals surface area contributed by atoms with Crippen molar-refractivity contribution < 1.29 is 9.84 Å². The van der Waals surface area contributed by atoms with Crippen molar-refractivity contribution in [1.29, 1.82) is 0 Å². The average molecular weight is 265 g/mol. The number of rotatable bonds is 8. The number of aryl methyl sites for hydroxylation is 2. The van der Waals surface area contributed by atoms with E-state index in [1.807, 2.05) is 0 Å². The molecule has 1 aromatic carbocycles. The summed E-state index contributed by atoms with van der Waals surface area (Å²) in [5.41, 5.74) is 3.72. The van der Waals surface area contributed by atoms with Crippen LogP contribution in [0, 0.1) is 19.8 Å². The van der Waals surface area contributed by atoms with Gasteiger partial charge in [-0.25, -0.2) is 0 Å². The lowest BCUT2D eigenvalue weighted by Crippen LogP contribution is -2.26. The van der Waals surface area contributed by atoms with Crippen molar-refractivity contribution in [2.24, 2.45) is 5.92 Å². The zero-order chi connectivity index (χ0) is 14.3. The molecular formula is C16H27NO2. The fraction of sp³-hybridized carbons (Fsp3) is 0.625. The number of hydrogen-bond donors (Lipinski definition) is 2. The van der Waals surface area contributed by atoms with Crippen LogP contribution in [0.3, 0.4) is 0 Å². The Kier molecular flexibility index (Phi) is 6.89. The highest BCUT2D eigenvalue weighted by Crippen LogP contribution is 2.24. The summed E-state index contributed by atoms with van der Waals surface area (Å²) in [4.78, 5) is 0. The van der Waals surface area contributed by atoms with E-state index < -0.39 is 0 Å². The van der Waals surface area contributed by atoms with Crippen LogP contribution in [-0.2, 0) is 6.42 Å². The van der Waals surface area contributed by atoms with E-state index >= 15 is 0 Å².